The van der Waals surface area contributed by atoms with E-state index in [2.05, 4.69) is 22.6 Å². The third-order valence-electron chi connectivity index (χ3n) is 1.90. The van der Waals surface area contributed by atoms with Crippen molar-refractivity contribution in [2.45, 2.75) is 0 Å². The van der Waals surface area contributed by atoms with Crippen LogP contribution in [0.5, 0.6) is 0 Å². The lowest BCUT2D eigenvalue weighted by Crippen LogP contribution is -2.30. The minimum atomic E-state index is -1.63. The van der Waals surface area contributed by atoms with Crippen molar-refractivity contribution < 1.29 is 14.4 Å². The van der Waals surface area contributed by atoms with E-state index in [0.29, 0.717) is 0 Å². The van der Waals surface area contributed by atoms with Crippen LogP contribution in [0.25, 0.3) is 10.1 Å². The third kappa shape index (κ3) is 1.67. The summed E-state index contributed by atoms with van der Waals surface area (Å²) in [5.41, 5.74) is 0.227. The van der Waals surface area contributed by atoms with Gasteiger partial charge in [-0.25, -0.2) is 4.39 Å². The van der Waals surface area contributed by atoms with E-state index in [9.17, 15) is 4.39 Å². The van der Waals surface area contributed by atoms with Crippen molar-refractivity contribution in [3.63, 3.8) is 0 Å². The first kappa shape index (κ1) is 10.3. The minimum absolute atomic E-state index is 0.227. The van der Waals surface area contributed by atoms with E-state index in [1.165, 1.54) is 17.4 Å². The normalized spacial score (nSPS) is 10.9. The lowest BCUT2D eigenvalue weighted by Gasteiger charge is -2.02. The van der Waals surface area contributed by atoms with Crippen molar-refractivity contribution in [1.29, 1.82) is 0 Å². The van der Waals surface area contributed by atoms with Crippen LogP contribution < -0.4 is 5.46 Å². The summed E-state index contributed by atoms with van der Waals surface area (Å²) in [6, 6.07) is 2.55. The first-order valence-electron chi connectivity index (χ1n) is 3.82. The fourth-order valence-corrected chi connectivity index (χ4v) is 3.37. The Morgan fingerprint density at radius 1 is 1.36 bits per heavy atom. The van der Waals surface area contributed by atoms with Crippen molar-refractivity contribution in [2.24, 2.45) is 0 Å². The fourth-order valence-electron chi connectivity index (χ4n) is 1.33. The molecule has 0 unspecified atom stereocenters. The molecule has 1 aromatic carbocycles. The number of hydrogen-bond acceptors (Lipinski definition) is 3. The Morgan fingerprint density at radius 3 is 2.71 bits per heavy atom. The van der Waals surface area contributed by atoms with Crippen LogP contribution in [0.2, 0.25) is 0 Å². The van der Waals surface area contributed by atoms with Gasteiger partial charge in [0.2, 0.25) is 0 Å². The van der Waals surface area contributed by atoms with Gasteiger partial charge in [-0.1, -0.05) is 0 Å². The molecule has 0 amide bonds. The number of halogens is 2. The van der Waals surface area contributed by atoms with Gasteiger partial charge in [0.25, 0.3) is 0 Å². The minimum Gasteiger partial charge on any atom is -0.423 e. The summed E-state index contributed by atoms with van der Waals surface area (Å²) in [7, 11) is -1.63. The van der Waals surface area contributed by atoms with Gasteiger partial charge in [0.05, 0.1) is 0 Å². The third-order valence-corrected chi connectivity index (χ3v) is 4.11. The van der Waals surface area contributed by atoms with Crippen LogP contribution >= 0.6 is 33.9 Å². The monoisotopic (exact) mass is 322 g/mol. The standard InChI is InChI=1S/C8H5BFIO2S/c10-4-1-5(9(12)13)8-6(11)3-14-7(8)2-4/h1-3,12-13H. The summed E-state index contributed by atoms with van der Waals surface area (Å²) in [5.74, 6) is -0.446. The molecule has 0 aliphatic carbocycles. The van der Waals surface area contributed by atoms with Gasteiger partial charge in [-0.05, 0) is 40.2 Å². The van der Waals surface area contributed by atoms with Crippen LogP contribution in [-0.4, -0.2) is 17.2 Å². The maximum absolute atomic E-state index is 13.0. The van der Waals surface area contributed by atoms with E-state index in [1.54, 1.807) is 0 Å². The molecule has 0 atom stereocenters. The van der Waals surface area contributed by atoms with Crippen molar-refractivity contribution in [1.82, 2.24) is 0 Å². The molecule has 6 heteroatoms. The van der Waals surface area contributed by atoms with Crippen LogP contribution in [0.15, 0.2) is 17.5 Å². The van der Waals surface area contributed by atoms with Gasteiger partial charge in [0, 0.05) is 19.0 Å². The highest BCUT2D eigenvalue weighted by atomic mass is 127. The number of fused-ring (bicyclic) bond motifs is 1. The maximum atomic E-state index is 13.0. The Bertz CT molecular complexity index is 485. The summed E-state index contributed by atoms with van der Waals surface area (Å²) in [6.45, 7) is 0. The smallest absolute Gasteiger partial charge is 0.423 e. The van der Waals surface area contributed by atoms with Gasteiger partial charge < -0.3 is 10.0 Å². The molecular weight excluding hydrogens is 317 g/mol. The molecule has 0 saturated carbocycles. The van der Waals surface area contributed by atoms with E-state index in [1.807, 2.05) is 5.38 Å². The van der Waals surface area contributed by atoms with Crippen LogP contribution in [-0.2, 0) is 0 Å². The summed E-state index contributed by atoms with van der Waals surface area (Å²) in [6.07, 6.45) is 0. The van der Waals surface area contributed by atoms with Gasteiger partial charge in [0.15, 0.2) is 0 Å². The van der Waals surface area contributed by atoms with E-state index in [-0.39, 0.29) is 5.46 Å². The zero-order chi connectivity index (χ0) is 10.3. The lowest BCUT2D eigenvalue weighted by atomic mass is 9.78. The molecule has 0 radical (unpaired) electrons. The second-order valence-electron chi connectivity index (χ2n) is 2.83. The van der Waals surface area contributed by atoms with Gasteiger partial charge in [0.1, 0.15) is 5.82 Å². The number of rotatable bonds is 1. The Balaban J connectivity index is 2.83. The zero-order valence-corrected chi connectivity index (χ0v) is 9.84. The van der Waals surface area contributed by atoms with Crippen LogP contribution in [0.4, 0.5) is 4.39 Å². The van der Waals surface area contributed by atoms with Crippen molar-refractivity contribution in [3.8, 4) is 0 Å². The highest BCUT2D eigenvalue weighted by Gasteiger charge is 2.18. The lowest BCUT2D eigenvalue weighted by molar-refractivity contribution is 0.426. The molecule has 0 saturated heterocycles. The zero-order valence-electron chi connectivity index (χ0n) is 6.87. The molecule has 2 aromatic rings. The summed E-state index contributed by atoms with van der Waals surface area (Å²) >= 11 is 3.48. The fraction of sp³-hybridized carbons (Fsp3) is 0. The van der Waals surface area contributed by atoms with E-state index >= 15 is 0 Å². The van der Waals surface area contributed by atoms with Gasteiger partial charge in [-0.3, -0.25) is 0 Å². The van der Waals surface area contributed by atoms with Gasteiger partial charge in [-0.2, -0.15) is 0 Å². The molecule has 14 heavy (non-hydrogen) atoms. The summed E-state index contributed by atoms with van der Waals surface area (Å²) in [4.78, 5) is 0. The van der Waals surface area contributed by atoms with Gasteiger partial charge in [-0.15, -0.1) is 11.3 Å². The molecule has 72 valence electrons. The number of hydrogen-bond donors (Lipinski definition) is 2. The highest BCUT2D eigenvalue weighted by molar-refractivity contribution is 14.1. The highest BCUT2D eigenvalue weighted by Crippen LogP contribution is 2.26. The SMILES string of the molecule is OB(O)c1cc(F)cc2scc(I)c12. The average Bonchev–Trinajstić information content (AvgIpc) is 2.46. The molecule has 0 spiro atoms. The Hall–Kier alpha value is -0.175. The Morgan fingerprint density at radius 2 is 2.07 bits per heavy atom. The molecule has 1 aromatic heterocycles. The molecule has 2 rings (SSSR count). The van der Waals surface area contributed by atoms with E-state index < -0.39 is 12.9 Å². The molecule has 1 heterocycles. The van der Waals surface area contributed by atoms with Crippen molar-refractivity contribution in [3.05, 3.63) is 26.9 Å². The molecular formula is C8H5BFIO2S. The summed E-state index contributed by atoms with van der Waals surface area (Å²) in [5, 5.41) is 20.7. The molecule has 0 aliphatic heterocycles. The molecule has 0 bridgehead atoms. The largest absolute Gasteiger partial charge is 0.489 e. The molecule has 2 nitrogen and oxygen atoms in total. The predicted molar refractivity (Wildman–Crippen MR) is 64.3 cm³/mol. The molecule has 0 fully saturated rings. The van der Waals surface area contributed by atoms with Crippen LogP contribution in [0.3, 0.4) is 0 Å². The molecule has 2 N–H and O–H groups in total. The quantitative estimate of drug-likeness (QED) is 0.614. The predicted octanol–water partition coefficient (Wildman–Crippen LogP) is 1.32. The van der Waals surface area contributed by atoms with Crippen LogP contribution in [0.1, 0.15) is 0 Å². The second kappa shape index (κ2) is 3.76. The number of benzene rings is 1. The van der Waals surface area contributed by atoms with Crippen molar-refractivity contribution in [2.75, 3.05) is 0 Å². The Kier molecular flexibility index (Phi) is 2.78. The first-order valence-corrected chi connectivity index (χ1v) is 5.77. The maximum Gasteiger partial charge on any atom is 0.489 e. The Labute approximate surface area is 97.7 Å². The topological polar surface area (TPSA) is 40.5 Å². The first-order chi connectivity index (χ1) is 6.59. The molecule has 0 aliphatic rings. The summed E-state index contributed by atoms with van der Waals surface area (Å²) < 4.78 is 14.7. The van der Waals surface area contributed by atoms with E-state index in [4.69, 9.17) is 10.0 Å². The van der Waals surface area contributed by atoms with E-state index in [0.717, 1.165) is 19.7 Å². The average molecular weight is 322 g/mol. The van der Waals surface area contributed by atoms with Crippen molar-refractivity contribution >= 4 is 56.6 Å². The van der Waals surface area contributed by atoms with Gasteiger partial charge >= 0.3 is 7.12 Å². The number of thiophene rings is 1. The van der Waals surface area contributed by atoms with Crippen LogP contribution in [0, 0.1) is 9.39 Å². The second-order valence-corrected chi connectivity index (χ2v) is 4.90.